The number of hydrogen-bond donors (Lipinski definition) is 0. The van der Waals surface area contributed by atoms with Crippen LogP contribution in [0, 0.1) is 35.5 Å². The van der Waals surface area contributed by atoms with E-state index >= 15 is 8.78 Å². The molecule has 232 valence electrons. The molecule has 5 rings (SSSR count). The van der Waals surface area contributed by atoms with Crippen LogP contribution in [0.4, 0.5) is 43.9 Å². The average Bonchev–Trinajstić information content (AvgIpc) is 3.36. The van der Waals surface area contributed by atoms with Gasteiger partial charge in [0.15, 0.2) is 24.7 Å². The van der Waals surface area contributed by atoms with Gasteiger partial charge in [0.2, 0.25) is 23.6 Å². The molecule has 2 heterocycles. The summed E-state index contributed by atoms with van der Waals surface area (Å²) in [4.78, 5) is 51.9. The SMILES string of the molecule is C=CC1C(F)C(F)C(N2C(=O)C3C(F)C4C(=O)N(C5C(F)C(F)C(C=C)C(F)C5F)C(=O)C4C(F)C3C2=O)C(F)C1F. The molecular formula is C26H24F10N2O4. The number of amides is 4. The van der Waals surface area contributed by atoms with Crippen molar-refractivity contribution in [2.45, 2.75) is 73.8 Å². The standard InChI is InChI=1S/C26H24F10N2O4/c1-3-5-11(27)17(33)21(18(34)12(5)28)37-23(39)7-8(24(37)40)16(32)10-9(15(7)31)25(41)38(26(10)42)22-19(35)13(29)6(4-2)14(30)20(22)36/h3-22H,1-2H2. The number of carbonyl (C=O) groups excluding carboxylic acids is 4. The predicted octanol–water partition coefficient (Wildman–Crippen LogP) is 2.95. The van der Waals surface area contributed by atoms with E-state index in [4.69, 9.17) is 0 Å². The first-order chi connectivity index (χ1) is 19.6. The topological polar surface area (TPSA) is 74.8 Å². The Kier molecular flexibility index (Phi) is 7.52. The van der Waals surface area contributed by atoms with Gasteiger partial charge in [0, 0.05) is 11.8 Å². The maximum atomic E-state index is 15.9. The van der Waals surface area contributed by atoms with Crippen molar-refractivity contribution in [3.8, 4) is 0 Å². The van der Waals surface area contributed by atoms with Gasteiger partial charge in [-0.05, 0) is 0 Å². The number of alkyl halides is 10. The van der Waals surface area contributed by atoms with Crippen molar-refractivity contribution < 1.29 is 63.1 Å². The number of carbonyl (C=O) groups is 4. The highest BCUT2D eigenvalue weighted by molar-refractivity contribution is 6.11. The van der Waals surface area contributed by atoms with Crippen LogP contribution in [0.5, 0.6) is 0 Å². The van der Waals surface area contributed by atoms with Gasteiger partial charge in [-0.1, -0.05) is 12.2 Å². The van der Waals surface area contributed by atoms with Crippen molar-refractivity contribution in [2.24, 2.45) is 35.5 Å². The highest BCUT2D eigenvalue weighted by Crippen LogP contribution is 2.53. The number of halogens is 10. The van der Waals surface area contributed by atoms with Gasteiger partial charge < -0.3 is 0 Å². The zero-order chi connectivity index (χ0) is 31.3. The molecule has 3 aliphatic carbocycles. The summed E-state index contributed by atoms with van der Waals surface area (Å²) in [7, 11) is 0. The maximum Gasteiger partial charge on any atom is 0.236 e. The van der Waals surface area contributed by atoms with E-state index < -0.39 is 133 Å². The molecule has 0 bridgehead atoms. The van der Waals surface area contributed by atoms with E-state index in [1.807, 2.05) is 0 Å². The van der Waals surface area contributed by atoms with E-state index in [9.17, 15) is 54.3 Å². The minimum absolute atomic E-state index is 0.330. The normalized spacial score (nSPS) is 52.8. The highest BCUT2D eigenvalue weighted by atomic mass is 19.2. The van der Waals surface area contributed by atoms with Gasteiger partial charge in [-0.2, -0.15) is 0 Å². The second-order valence-corrected chi connectivity index (χ2v) is 11.2. The number of likely N-dealkylation sites (tertiary alicyclic amines) is 2. The van der Waals surface area contributed by atoms with E-state index in [0.717, 1.165) is 0 Å². The van der Waals surface area contributed by atoms with Crippen LogP contribution in [-0.2, 0) is 19.2 Å². The van der Waals surface area contributed by atoms with Gasteiger partial charge in [0.05, 0.1) is 23.7 Å². The molecule has 6 nitrogen and oxygen atoms in total. The lowest BCUT2D eigenvalue weighted by Gasteiger charge is -2.42. The van der Waals surface area contributed by atoms with Crippen LogP contribution < -0.4 is 0 Å². The smallest absolute Gasteiger partial charge is 0.236 e. The summed E-state index contributed by atoms with van der Waals surface area (Å²) < 4.78 is 150. The Hall–Kier alpha value is -2.94. The number of nitrogens with zero attached hydrogens (tertiary/aromatic N) is 2. The Balaban J connectivity index is 1.48. The molecule has 4 amide bonds. The van der Waals surface area contributed by atoms with Crippen LogP contribution in [0.1, 0.15) is 0 Å². The first kappa shape index (κ1) is 30.5. The molecule has 0 spiro atoms. The number of rotatable bonds is 4. The summed E-state index contributed by atoms with van der Waals surface area (Å²) in [6, 6.07) is -5.58. The first-order valence-electron chi connectivity index (χ1n) is 13.0. The quantitative estimate of drug-likeness (QED) is 0.276. The molecule has 5 fully saturated rings. The number of allylic oxidation sites excluding steroid dienone is 2. The average molecular weight is 618 g/mol. The molecule has 42 heavy (non-hydrogen) atoms. The summed E-state index contributed by atoms with van der Waals surface area (Å²) in [5.41, 5.74) is 0. The summed E-state index contributed by atoms with van der Waals surface area (Å²) in [6.45, 7) is 6.15. The predicted molar refractivity (Wildman–Crippen MR) is 122 cm³/mol. The molecule has 12 unspecified atom stereocenters. The minimum atomic E-state index is -3.05. The fraction of sp³-hybridized carbons (Fsp3) is 0.692. The second-order valence-electron chi connectivity index (χ2n) is 11.2. The summed E-state index contributed by atoms with van der Waals surface area (Å²) in [5, 5.41) is 0. The van der Waals surface area contributed by atoms with Crippen molar-refractivity contribution in [1.29, 1.82) is 0 Å². The Bertz CT molecular complexity index is 1040. The zero-order valence-electron chi connectivity index (χ0n) is 21.3. The molecule has 12 atom stereocenters. The van der Waals surface area contributed by atoms with E-state index in [0.29, 0.717) is 12.2 Å². The minimum Gasteiger partial charge on any atom is -0.274 e. The summed E-state index contributed by atoms with van der Waals surface area (Å²) in [6.07, 6.45) is -28.2. The van der Waals surface area contributed by atoms with Crippen LogP contribution in [-0.4, -0.2) is 107 Å². The fourth-order valence-electron chi connectivity index (χ4n) is 7.24. The molecule has 0 aromatic carbocycles. The van der Waals surface area contributed by atoms with Crippen molar-refractivity contribution in [3.63, 3.8) is 0 Å². The van der Waals surface area contributed by atoms with E-state index in [2.05, 4.69) is 13.2 Å². The molecule has 2 saturated heterocycles. The Labute approximate surface area is 231 Å². The molecular weight excluding hydrogens is 594 g/mol. The lowest BCUT2D eigenvalue weighted by atomic mass is 9.67. The van der Waals surface area contributed by atoms with E-state index in [1.54, 1.807) is 0 Å². The largest absolute Gasteiger partial charge is 0.274 e. The molecule has 0 aromatic heterocycles. The van der Waals surface area contributed by atoms with Crippen LogP contribution in [0.25, 0.3) is 0 Å². The molecule has 0 N–H and O–H groups in total. The highest BCUT2D eigenvalue weighted by Gasteiger charge is 2.73. The van der Waals surface area contributed by atoms with Crippen molar-refractivity contribution in [3.05, 3.63) is 25.3 Å². The van der Waals surface area contributed by atoms with E-state index in [-0.39, 0.29) is 9.80 Å². The van der Waals surface area contributed by atoms with Crippen LogP contribution in [0.3, 0.4) is 0 Å². The fourth-order valence-corrected chi connectivity index (χ4v) is 7.24. The number of fused-ring (bicyclic) bond motifs is 2. The summed E-state index contributed by atoms with van der Waals surface area (Å²) >= 11 is 0. The summed E-state index contributed by atoms with van der Waals surface area (Å²) in [5.74, 6) is -21.4. The Morgan fingerprint density at radius 1 is 0.405 bits per heavy atom. The van der Waals surface area contributed by atoms with Crippen LogP contribution in [0.15, 0.2) is 25.3 Å². The maximum absolute atomic E-state index is 15.9. The molecule has 2 aliphatic heterocycles. The lowest BCUT2D eigenvalue weighted by Crippen LogP contribution is -2.63. The molecule has 16 heteroatoms. The third-order valence-electron chi connectivity index (χ3n) is 9.37. The van der Waals surface area contributed by atoms with Gasteiger partial charge in [-0.25, -0.2) is 43.9 Å². The third kappa shape index (κ3) is 3.77. The molecule has 0 radical (unpaired) electrons. The van der Waals surface area contributed by atoms with Gasteiger partial charge in [0.25, 0.3) is 0 Å². The van der Waals surface area contributed by atoms with Crippen molar-refractivity contribution in [2.75, 3.05) is 0 Å². The lowest BCUT2D eigenvalue weighted by molar-refractivity contribution is -0.155. The van der Waals surface area contributed by atoms with Gasteiger partial charge >= 0.3 is 0 Å². The number of imide groups is 2. The monoisotopic (exact) mass is 618 g/mol. The Morgan fingerprint density at radius 2 is 0.619 bits per heavy atom. The van der Waals surface area contributed by atoms with E-state index in [1.165, 1.54) is 0 Å². The van der Waals surface area contributed by atoms with Crippen LogP contribution in [0.2, 0.25) is 0 Å². The number of hydrogen-bond acceptors (Lipinski definition) is 4. The van der Waals surface area contributed by atoms with Gasteiger partial charge in [-0.15, -0.1) is 13.2 Å². The molecule has 5 aliphatic rings. The second kappa shape index (κ2) is 10.4. The van der Waals surface area contributed by atoms with Crippen molar-refractivity contribution in [1.82, 2.24) is 9.80 Å². The molecule has 0 aromatic rings. The third-order valence-corrected chi connectivity index (χ3v) is 9.37. The van der Waals surface area contributed by atoms with Gasteiger partial charge in [-0.3, -0.25) is 29.0 Å². The van der Waals surface area contributed by atoms with Crippen molar-refractivity contribution >= 4 is 23.6 Å². The Morgan fingerprint density at radius 3 is 0.810 bits per heavy atom. The van der Waals surface area contributed by atoms with Gasteiger partial charge in [0.1, 0.15) is 49.1 Å². The first-order valence-corrected chi connectivity index (χ1v) is 13.0. The van der Waals surface area contributed by atoms with Crippen LogP contribution >= 0.6 is 0 Å². The molecule has 3 saturated carbocycles. The zero-order valence-corrected chi connectivity index (χ0v) is 21.3.